The van der Waals surface area contributed by atoms with Crippen LogP contribution in [0, 0.1) is 0 Å². The third kappa shape index (κ3) is 4.52. The number of carbonyl (C=O) groups excluding carboxylic acids is 1. The van der Waals surface area contributed by atoms with Crippen LogP contribution < -0.4 is 0 Å². The molecule has 176 valence electrons. The Morgan fingerprint density at radius 2 is 1.88 bits per heavy atom. The van der Waals surface area contributed by atoms with Gasteiger partial charge in [-0.25, -0.2) is 13.4 Å². The molecule has 1 amide bonds. The van der Waals surface area contributed by atoms with Gasteiger partial charge in [-0.15, -0.1) is 10.2 Å². The van der Waals surface area contributed by atoms with E-state index in [1.807, 2.05) is 54.6 Å². The number of aryl methyl sites for hydroxylation is 1. The van der Waals surface area contributed by atoms with Crippen molar-refractivity contribution in [3.8, 4) is 0 Å². The molecule has 10 heteroatoms. The van der Waals surface area contributed by atoms with E-state index in [1.165, 1.54) is 11.8 Å². The zero-order valence-electron chi connectivity index (χ0n) is 18.8. The van der Waals surface area contributed by atoms with E-state index in [1.54, 1.807) is 4.90 Å². The van der Waals surface area contributed by atoms with Crippen LogP contribution in [0.15, 0.2) is 59.8 Å². The van der Waals surface area contributed by atoms with E-state index in [0.29, 0.717) is 18.1 Å². The highest BCUT2D eigenvalue weighted by molar-refractivity contribution is 7.99. The first-order chi connectivity index (χ1) is 16.4. The number of amides is 1. The molecule has 1 aliphatic heterocycles. The quantitative estimate of drug-likeness (QED) is 0.363. The van der Waals surface area contributed by atoms with Gasteiger partial charge in [0, 0.05) is 24.5 Å². The molecule has 8 nitrogen and oxygen atoms in total. The molecule has 2 aromatic carbocycles. The number of para-hydroxylation sites is 1. The molecule has 5 rings (SSSR count). The molecule has 1 fully saturated rings. The van der Waals surface area contributed by atoms with Crippen LogP contribution in [0.25, 0.3) is 22.1 Å². The summed E-state index contributed by atoms with van der Waals surface area (Å²) in [5.41, 5.74) is 3.51. The molecule has 0 aliphatic carbocycles. The van der Waals surface area contributed by atoms with Gasteiger partial charge < -0.3 is 9.47 Å². The normalized spacial score (nSPS) is 17.4. The van der Waals surface area contributed by atoms with Crippen LogP contribution in [-0.4, -0.2) is 62.3 Å². The highest BCUT2D eigenvalue weighted by Gasteiger charge is 2.34. The summed E-state index contributed by atoms with van der Waals surface area (Å²) >= 11 is 1.23. The minimum atomic E-state index is -3.12. The lowest BCUT2D eigenvalue weighted by molar-refractivity contribution is -0.130. The topological polar surface area (TPSA) is 98.0 Å². The van der Waals surface area contributed by atoms with Crippen molar-refractivity contribution < 1.29 is 13.2 Å². The number of aromatic nitrogens is 4. The minimum absolute atomic E-state index is 0.0108. The zero-order valence-corrected chi connectivity index (χ0v) is 20.4. The standard InChI is InChI=1S/C24H25N5O3S2/c1-2-28-20-11-7-6-10-19(20)22-23(28)25-24(27-26-22)33-15-21(30)29(14-17-8-4-3-5-9-17)18-12-13-34(31,32)16-18/h3-11,18H,2,12-16H2,1H3. The van der Waals surface area contributed by atoms with E-state index in [-0.39, 0.29) is 29.2 Å². The molecule has 34 heavy (non-hydrogen) atoms. The van der Waals surface area contributed by atoms with Gasteiger partial charge in [0.05, 0.1) is 22.8 Å². The van der Waals surface area contributed by atoms with Crippen molar-refractivity contribution in [1.29, 1.82) is 0 Å². The van der Waals surface area contributed by atoms with E-state index in [9.17, 15) is 13.2 Å². The molecule has 1 saturated heterocycles. The van der Waals surface area contributed by atoms with Crippen LogP contribution in [0.2, 0.25) is 0 Å². The van der Waals surface area contributed by atoms with Gasteiger partial charge in [-0.1, -0.05) is 60.3 Å². The van der Waals surface area contributed by atoms with Crippen molar-refractivity contribution in [2.75, 3.05) is 17.3 Å². The Kier molecular flexibility index (Phi) is 6.26. The fourth-order valence-corrected chi connectivity index (χ4v) is 6.90. The fourth-order valence-electron chi connectivity index (χ4n) is 4.50. The van der Waals surface area contributed by atoms with Gasteiger partial charge in [-0.2, -0.15) is 0 Å². The Hall–Kier alpha value is -2.98. The number of fused-ring (bicyclic) bond motifs is 3. The average Bonchev–Trinajstić information content (AvgIpc) is 3.37. The summed E-state index contributed by atoms with van der Waals surface area (Å²) in [6.45, 7) is 3.18. The maximum atomic E-state index is 13.3. The molecule has 2 aromatic heterocycles. The molecular weight excluding hydrogens is 470 g/mol. The van der Waals surface area contributed by atoms with Crippen LogP contribution in [-0.2, 0) is 27.7 Å². The molecule has 1 atom stereocenters. The first-order valence-corrected chi connectivity index (χ1v) is 14.0. The van der Waals surface area contributed by atoms with Gasteiger partial charge >= 0.3 is 0 Å². The van der Waals surface area contributed by atoms with Crippen molar-refractivity contribution in [3.63, 3.8) is 0 Å². The number of benzene rings is 2. The molecule has 0 bridgehead atoms. The molecule has 1 unspecified atom stereocenters. The largest absolute Gasteiger partial charge is 0.334 e. The molecule has 0 N–H and O–H groups in total. The fraction of sp³-hybridized carbons (Fsp3) is 0.333. The number of hydrogen-bond donors (Lipinski definition) is 0. The highest BCUT2D eigenvalue weighted by Crippen LogP contribution is 2.27. The van der Waals surface area contributed by atoms with Crippen molar-refractivity contribution in [2.45, 2.75) is 37.6 Å². The maximum absolute atomic E-state index is 13.3. The predicted molar refractivity (Wildman–Crippen MR) is 133 cm³/mol. The van der Waals surface area contributed by atoms with Crippen molar-refractivity contribution in [3.05, 3.63) is 60.2 Å². The van der Waals surface area contributed by atoms with Gasteiger partial charge in [0.25, 0.3) is 0 Å². The second-order valence-corrected chi connectivity index (χ2v) is 11.6. The summed E-state index contributed by atoms with van der Waals surface area (Å²) in [6, 6.07) is 17.3. The van der Waals surface area contributed by atoms with E-state index in [4.69, 9.17) is 4.98 Å². The summed E-state index contributed by atoms with van der Waals surface area (Å²) in [6.07, 6.45) is 0.464. The first-order valence-electron chi connectivity index (χ1n) is 11.2. The third-order valence-electron chi connectivity index (χ3n) is 6.16. The summed E-state index contributed by atoms with van der Waals surface area (Å²) in [5, 5.41) is 10.1. The number of nitrogens with zero attached hydrogens (tertiary/aromatic N) is 5. The number of hydrogen-bond acceptors (Lipinski definition) is 7. The van der Waals surface area contributed by atoms with Crippen LogP contribution in [0.1, 0.15) is 18.9 Å². The lowest BCUT2D eigenvalue weighted by Crippen LogP contribution is -2.41. The van der Waals surface area contributed by atoms with E-state index in [2.05, 4.69) is 21.7 Å². The van der Waals surface area contributed by atoms with Crippen LogP contribution in [0.5, 0.6) is 0 Å². The van der Waals surface area contributed by atoms with Crippen molar-refractivity contribution >= 4 is 49.6 Å². The second kappa shape index (κ2) is 9.34. The van der Waals surface area contributed by atoms with Gasteiger partial charge in [-0.3, -0.25) is 4.79 Å². The average molecular weight is 496 g/mol. The summed E-state index contributed by atoms with van der Waals surface area (Å²) < 4.78 is 26.3. The number of rotatable bonds is 7. The van der Waals surface area contributed by atoms with Crippen LogP contribution >= 0.6 is 11.8 Å². The van der Waals surface area contributed by atoms with Crippen molar-refractivity contribution in [2.24, 2.45) is 0 Å². The zero-order chi connectivity index (χ0) is 23.7. The Morgan fingerprint density at radius 1 is 1.12 bits per heavy atom. The molecule has 4 aromatic rings. The lowest BCUT2D eigenvalue weighted by atomic mass is 10.1. The first kappa shape index (κ1) is 22.8. The lowest BCUT2D eigenvalue weighted by Gasteiger charge is -2.28. The number of sulfone groups is 1. The summed E-state index contributed by atoms with van der Waals surface area (Å²) in [7, 11) is -3.12. The van der Waals surface area contributed by atoms with Gasteiger partial charge in [-0.05, 0) is 25.0 Å². The SMILES string of the molecule is CCn1c2ccccc2c2nnc(SCC(=O)N(Cc3ccccc3)C3CCS(=O)(=O)C3)nc21. The minimum Gasteiger partial charge on any atom is -0.334 e. The van der Waals surface area contributed by atoms with Crippen molar-refractivity contribution in [1.82, 2.24) is 24.6 Å². The van der Waals surface area contributed by atoms with E-state index >= 15 is 0 Å². The molecule has 3 heterocycles. The van der Waals surface area contributed by atoms with Gasteiger partial charge in [0.2, 0.25) is 11.1 Å². The highest BCUT2D eigenvalue weighted by atomic mass is 32.2. The number of thioether (sulfide) groups is 1. The van der Waals surface area contributed by atoms with Crippen LogP contribution in [0.4, 0.5) is 0 Å². The van der Waals surface area contributed by atoms with Gasteiger partial charge in [0.1, 0.15) is 5.52 Å². The van der Waals surface area contributed by atoms with E-state index < -0.39 is 9.84 Å². The van der Waals surface area contributed by atoms with Gasteiger partial charge in [0.15, 0.2) is 15.5 Å². The molecule has 0 spiro atoms. The molecular formula is C24H25N5O3S2. The summed E-state index contributed by atoms with van der Waals surface area (Å²) in [5.74, 6) is 0.115. The third-order valence-corrected chi connectivity index (χ3v) is 8.73. The second-order valence-electron chi connectivity index (χ2n) is 8.38. The smallest absolute Gasteiger partial charge is 0.233 e. The number of carbonyl (C=O) groups is 1. The Bertz CT molecular complexity index is 1450. The summed E-state index contributed by atoms with van der Waals surface area (Å²) in [4.78, 5) is 19.7. The monoisotopic (exact) mass is 495 g/mol. The Balaban J connectivity index is 1.38. The Morgan fingerprint density at radius 3 is 2.62 bits per heavy atom. The van der Waals surface area contributed by atoms with E-state index in [0.717, 1.165) is 34.2 Å². The predicted octanol–water partition coefficient (Wildman–Crippen LogP) is 3.31. The molecule has 0 radical (unpaired) electrons. The molecule has 0 saturated carbocycles. The maximum Gasteiger partial charge on any atom is 0.233 e. The molecule has 1 aliphatic rings. The van der Waals surface area contributed by atoms with Crippen LogP contribution in [0.3, 0.4) is 0 Å². The Labute approximate surface area is 202 Å².